The molecule has 0 amide bonds. The molecular formula is C14H20BrNO. The fourth-order valence-corrected chi connectivity index (χ4v) is 2.98. The van der Waals surface area contributed by atoms with Crippen molar-refractivity contribution in [1.82, 2.24) is 4.90 Å². The van der Waals surface area contributed by atoms with Crippen LogP contribution in [0.4, 0.5) is 0 Å². The maximum Gasteiger partial charge on any atom is 0.0596 e. The van der Waals surface area contributed by atoms with Crippen molar-refractivity contribution < 1.29 is 5.11 Å². The fourth-order valence-electron chi connectivity index (χ4n) is 2.53. The van der Waals surface area contributed by atoms with Crippen molar-refractivity contribution in [2.45, 2.75) is 25.9 Å². The van der Waals surface area contributed by atoms with E-state index in [-0.39, 0.29) is 6.10 Å². The van der Waals surface area contributed by atoms with Crippen LogP contribution in [-0.4, -0.2) is 35.7 Å². The molecule has 0 saturated carbocycles. The summed E-state index contributed by atoms with van der Waals surface area (Å²) in [4.78, 5) is 2.42. The van der Waals surface area contributed by atoms with E-state index < -0.39 is 0 Å². The second kappa shape index (κ2) is 5.98. The number of piperidine rings is 1. The first-order valence-electron chi connectivity index (χ1n) is 6.34. The van der Waals surface area contributed by atoms with Crippen LogP contribution in [0.3, 0.4) is 0 Å². The highest BCUT2D eigenvalue weighted by Gasteiger charge is 2.27. The summed E-state index contributed by atoms with van der Waals surface area (Å²) in [6.45, 7) is 5.31. The van der Waals surface area contributed by atoms with Gasteiger partial charge in [0.1, 0.15) is 0 Å². The molecule has 1 N–H and O–H groups in total. The summed E-state index contributed by atoms with van der Waals surface area (Å²) in [6, 6.07) is 8.31. The summed E-state index contributed by atoms with van der Waals surface area (Å²) in [5, 5.41) is 10.1. The number of hydrogen-bond donors (Lipinski definition) is 1. The van der Waals surface area contributed by atoms with Crippen molar-refractivity contribution in [2.24, 2.45) is 5.92 Å². The van der Waals surface area contributed by atoms with Crippen LogP contribution in [-0.2, 0) is 6.42 Å². The molecule has 0 aliphatic carbocycles. The van der Waals surface area contributed by atoms with Crippen LogP contribution in [0.25, 0.3) is 0 Å². The predicted molar refractivity (Wildman–Crippen MR) is 74.1 cm³/mol. The van der Waals surface area contributed by atoms with Crippen LogP contribution < -0.4 is 0 Å². The van der Waals surface area contributed by atoms with Gasteiger partial charge in [-0.1, -0.05) is 41.1 Å². The average molecular weight is 298 g/mol. The Morgan fingerprint density at radius 2 is 2.18 bits per heavy atom. The molecule has 2 unspecified atom stereocenters. The highest BCUT2D eigenvalue weighted by molar-refractivity contribution is 9.10. The van der Waals surface area contributed by atoms with Gasteiger partial charge in [0.25, 0.3) is 0 Å². The van der Waals surface area contributed by atoms with E-state index in [9.17, 15) is 5.11 Å². The SMILES string of the molecule is CCN1CCC(O)C(Cc2ccccc2Br)C1. The molecule has 1 fully saturated rings. The molecule has 3 heteroatoms. The predicted octanol–water partition coefficient (Wildman–Crippen LogP) is 2.69. The lowest BCUT2D eigenvalue weighted by Gasteiger charge is -2.35. The Morgan fingerprint density at radius 1 is 1.41 bits per heavy atom. The van der Waals surface area contributed by atoms with Crippen LogP contribution in [0, 0.1) is 5.92 Å². The molecule has 94 valence electrons. The van der Waals surface area contributed by atoms with Crippen LogP contribution in [0.5, 0.6) is 0 Å². The van der Waals surface area contributed by atoms with Crippen LogP contribution >= 0.6 is 15.9 Å². The van der Waals surface area contributed by atoms with E-state index in [1.54, 1.807) is 0 Å². The second-order valence-corrected chi connectivity index (χ2v) is 5.66. The Balaban J connectivity index is 2.04. The highest BCUT2D eigenvalue weighted by Crippen LogP contribution is 2.25. The lowest BCUT2D eigenvalue weighted by atomic mass is 9.89. The maximum absolute atomic E-state index is 10.1. The molecule has 1 aliphatic rings. The van der Waals surface area contributed by atoms with E-state index in [0.29, 0.717) is 5.92 Å². The molecule has 1 aliphatic heterocycles. The largest absolute Gasteiger partial charge is 0.393 e. The third-order valence-corrected chi connectivity index (χ3v) is 4.44. The summed E-state index contributed by atoms with van der Waals surface area (Å²) in [5.74, 6) is 0.363. The number of aliphatic hydroxyl groups is 1. The van der Waals surface area contributed by atoms with Crippen molar-refractivity contribution in [3.8, 4) is 0 Å². The van der Waals surface area contributed by atoms with Gasteiger partial charge in [-0.2, -0.15) is 0 Å². The van der Waals surface area contributed by atoms with E-state index in [2.05, 4.69) is 46.0 Å². The number of benzene rings is 1. The first kappa shape index (κ1) is 13.1. The molecule has 0 bridgehead atoms. The number of nitrogens with zero attached hydrogens (tertiary/aromatic N) is 1. The Hall–Kier alpha value is -0.380. The first-order chi connectivity index (χ1) is 8.20. The molecule has 1 heterocycles. The number of rotatable bonds is 3. The van der Waals surface area contributed by atoms with E-state index >= 15 is 0 Å². The Morgan fingerprint density at radius 3 is 2.88 bits per heavy atom. The third kappa shape index (κ3) is 3.30. The van der Waals surface area contributed by atoms with Crippen molar-refractivity contribution >= 4 is 15.9 Å². The zero-order valence-electron chi connectivity index (χ0n) is 10.3. The molecule has 2 rings (SSSR count). The number of halogens is 1. The van der Waals surface area contributed by atoms with Gasteiger partial charge in [-0.3, -0.25) is 0 Å². The van der Waals surface area contributed by atoms with E-state index in [1.807, 2.05) is 6.07 Å². The van der Waals surface area contributed by atoms with E-state index in [0.717, 1.165) is 36.9 Å². The fraction of sp³-hybridized carbons (Fsp3) is 0.571. The van der Waals surface area contributed by atoms with Crippen molar-refractivity contribution in [1.29, 1.82) is 0 Å². The molecule has 0 aromatic heterocycles. The summed E-state index contributed by atoms with van der Waals surface area (Å²) in [7, 11) is 0. The van der Waals surface area contributed by atoms with Gasteiger partial charge < -0.3 is 10.0 Å². The van der Waals surface area contributed by atoms with Gasteiger partial charge in [0.05, 0.1) is 6.10 Å². The maximum atomic E-state index is 10.1. The van der Waals surface area contributed by atoms with Gasteiger partial charge in [0, 0.05) is 23.5 Å². The molecular weight excluding hydrogens is 278 g/mol. The second-order valence-electron chi connectivity index (χ2n) is 4.80. The Kier molecular flexibility index (Phi) is 4.60. The van der Waals surface area contributed by atoms with Crippen molar-refractivity contribution in [2.75, 3.05) is 19.6 Å². The summed E-state index contributed by atoms with van der Waals surface area (Å²) >= 11 is 3.58. The number of hydrogen-bond acceptors (Lipinski definition) is 2. The van der Waals surface area contributed by atoms with E-state index in [4.69, 9.17) is 0 Å². The first-order valence-corrected chi connectivity index (χ1v) is 7.13. The minimum atomic E-state index is -0.148. The van der Waals surface area contributed by atoms with E-state index in [1.165, 1.54) is 5.56 Å². The van der Waals surface area contributed by atoms with Crippen molar-refractivity contribution in [3.05, 3.63) is 34.3 Å². The molecule has 0 radical (unpaired) electrons. The molecule has 2 atom stereocenters. The average Bonchev–Trinajstić information content (AvgIpc) is 2.35. The normalized spacial score (nSPS) is 26.1. The standard InChI is InChI=1S/C14H20BrNO/c1-2-16-8-7-14(17)12(10-16)9-11-5-3-4-6-13(11)15/h3-6,12,14,17H,2,7-10H2,1H3. The molecule has 17 heavy (non-hydrogen) atoms. The van der Waals surface area contributed by atoms with Gasteiger partial charge in [-0.25, -0.2) is 0 Å². The zero-order valence-corrected chi connectivity index (χ0v) is 11.9. The number of likely N-dealkylation sites (tertiary alicyclic amines) is 1. The Bertz CT molecular complexity index is 369. The van der Waals surface area contributed by atoms with Crippen LogP contribution in [0.15, 0.2) is 28.7 Å². The molecule has 1 aromatic carbocycles. The minimum Gasteiger partial charge on any atom is -0.393 e. The third-order valence-electron chi connectivity index (χ3n) is 3.67. The quantitative estimate of drug-likeness (QED) is 0.927. The summed E-state index contributed by atoms with van der Waals surface area (Å²) < 4.78 is 1.15. The minimum absolute atomic E-state index is 0.148. The smallest absolute Gasteiger partial charge is 0.0596 e. The molecule has 2 nitrogen and oxygen atoms in total. The zero-order chi connectivity index (χ0) is 12.3. The monoisotopic (exact) mass is 297 g/mol. The molecule has 1 saturated heterocycles. The molecule has 0 spiro atoms. The topological polar surface area (TPSA) is 23.5 Å². The van der Waals surface area contributed by atoms with Gasteiger partial charge in [0.2, 0.25) is 0 Å². The van der Waals surface area contributed by atoms with Crippen molar-refractivity contribution in [3.63, 3.8) is 0 Å². The summed E-state index contributed by atoms with van der Waals surface area (Å²) in [5.41, 5.74) is 1.30. The van der Waals surface area contributed by atoms with Crippen LogP contribution in [0.1, 0.15) is 18.9 Å². The molecule has 1 aromatic rings. The van der Waals surface area contributed by atoms with Gasteiger partial charge in [0.15, 0.2) is 0 Å². The lowest BCUT2D eigenvalue weighted by molar-refractivity contribution is 0.0289. The van der Waals surface area contributed by atoms with Gasteiger partial charge in [-0.15, -0.1) is 0 Å². The highest BCUT2D eigenvalue weighted by atomic mass is 79.9. The summed E-state index contributed by atoms with van der Waals surface area (Å²) in [6.07, 6.45) is 1.71. The van der Waals surface area contributed by atoms with Gasteiger partial charge in [-0.05, 0) is 31.0 Å². The van der Waals surface area contributed by atoms with Gasteiger partial charge >= 0.3 is 0 Å². The van der Waals surface area contributed by atoms with Crippen LogP contribution in [0.2, 0.25) is 0 Å². The Labute approximate surface area is 112 Å². The lowest BCUT2D eigenvalue weighted by Crippen LogP contribution is -2.43. The number of aliphatic hydroxyl groups excluding tert-OH is 1.